The van der Waals surface area contributed by atoms with Crippen LogP contribution in [-0.4, -0.2) is 96.3 Å². The maximum Gasteiger partial charge on any atom is 0.323 e. The highest BCUT2D eigenvalue weighted by Crippen LogP contribution is 2.30. The first-order valence-electron chi connectivity index (χ1n) is 14.5. The second-order valence-electron chi connectivity index (χ2n) is 10.6. The summed E-state index contributed by atoms with van der Waals surface area (Å²) < 4.78 is 5.36. The number of morpholine rings is 1. The lowest BCUT2D eigenvalue weighted by molar-refractivity contribution is -0.137. The molecule has 2 saturated heterocycles. The Morgan fingerprint density at radius 1 is 0.911 bits per heavy atom. The number of aliphatic carboxylic acids is 1. The lowest BCUT2D eigenvalue weighted by Gasteiger charge is -2.39. The van der Waals surface area contributed by atoms with Crippen molar-refractivity contribution in [1.29, 1.82) is 0 Å². The Balaban J connectivity index is 1.34. The average molecular weight is 636 g/mol. The highest BCUT2D eigenvalue weighted by molar-refractivity contribution is 6.30. The van der Waals surface area contributed by atoms with Crippen LogP contribution < -0.4 is 20.9 Å². The van der Waals surface area contributed by atoms with Crippen molar-refractivity contribution in [3.8, 4) is 0 Å². The first-order chi connectivity index (χ1) is 21.8. The Hall–Kier alpha value is -4.88. The van der Waals surface area contributed by atoms with Gasteiger partial charge in [0.1, 0.15) is 0 Å². The molecular weight excluding hydrogens is 602 g/mol. The number of piperazine rings is 1. The van der Waals surface area contributed by atoms with E-state index in [-0.39, 0.29) is 18.0 Å². The molecule has 1 atom stereocenters. The number of nitrogens with one attached hydrogen (secondary N) is 3. The Labute approximate surface area is 265 Å². The highest BCUT2D eigenvalue weighted by Gasteiger charge is 2.28. The smallest absolute Gasteiger partial charge is 0.323 e. The zero-order valence-corrected chi connectivity index (χ0v) is 25.2. The molecular formula is C31H34ClN7O6. The minimum atomic E-state index is -1.08. The minimum Gasteiger partial charge on any atom is -0.481 e. The van der Waals surface area contributed by atoms with E-state index in [2.05, 4.69) is 20.9 Å². The summed E-state index contributed by atoms with van der Waals surface area (Å²) in [5.41, 5.74) is 2.34. The van der Waals surface area contributed by atoms with Crippen molar-refractivity contribution in [3.05, 3.63) is 83.1 Å². The number of aromatic nitrogens is 1. The van der Waals surface area contributed by atoms with Crippen LogP contribution in [0.4, 0.5) is 26.7 Å². The van der Waals surface area contributed by atoms with Crippen molar-refractivity contribution >= 4 is 52.6 Å². The molecule has 1 unspecified atom stereocenters. The largest absolute Gasteiger partial charge is 0.481 e. The van der Waals surface area contributed by atoms with Gasteiger partial charge in [-0.25, -0.2) is 9.59 Å². The molecule has 13 nitrogen and oxygen atoms in total. The highest BCUT2D eigenvalue weighted by atomic mass is 35.5. The molecule has 236 valence electrons. The number of carbonyl (C=O) groups excluding carboxylic acids is 3. The van der Waals surface area contributed by atoms with Gasteiger partial charge in [-0.2, -0.15) is 0 Å². The first kappa shape index (κ1) is 31.5. The van der Waals surface area contributed by atoms with Crippen LogP contribution in [0.15, 0.2) is 67.0 Å². The summed E-state index contributed by atoms with van der Waals surface area (Å²) >= 11 is 5.97. The van der Waals surface area contributed by atoms with Gasteiger partial charge in [-0.05, 0) is 54.1 Å². The van der Waals surface area contributed by atoms with Gasteiger partial charge >= 0.3 is 18.0 Å². The number of hydrogen-bond acceptors (Lipinski definition) is 7. The third-order valence-corrected chi connectivity index (χ3v) is 7.80. The van der Waals surface area contributed by atoms with Crippen LogP contribution >= 0.6 is 11.6 Å². The summed E-state index contributed by atoms with van der Waals surface area (Å²) in [5.74, 6) is -1.59. The van der Waals surface area contributed by atoms with Crippen LogP contribution in [0.1, 0.15) is 28.4 Å². The number of carbonyl (C=O) groups is 4. The molecule has 5 rings (SSSR count). The maximum atomic E-state index is 13.4. The number of hydrogen-bond donors (Lipinski definition) is 4. The monoisotopic (exact) mass is 635 g/mol. The van der Waals surface area contributed by atoms with E-state index in [0.717, 1.165) is 0 Å². The van der Waals surface area contributed by atoms with Gasteiger partial charge in [0.15, 0.2) is 0 Å². The van der Waals surface area contributed by atoms with Crippen molar-refractivity contribution in [1.82, 2.24) is 20.1 Å². The molecule has 2 aromatic carbocycles. The first-order valence-corrected chi connectivity index (χ1v) is 14.9. The maximum absolute atomic E-state index is 13.4. The molecule has 0 saturated carbocycles. The topological polar surface area (TPSA) is 156 Å². The lowest BCUT2D eigenvalue weighted by atomic mass is 10.0. The number of carboxylic acid groups (broad SMARTS) is 1. The van der Waals surface area contributed by atoms with Gasteiger partial charge in [-0.3, -0.25) is 14.6 Å². The number of nitrogens with zero attached hydrogens (tertiary/aromatic N) is 4. The van der Waals surface area contributed by atoms with Crippen LogP contribution in [-0.2, 0) is 9.53 Å². The number of benzene rings is 2. The van der Waals surface area contributed by atoms with E-state index in [9.17, 15) is 24.3 Å². The van der Waals surface area contributed by atoms with Crippen molar-refractivity contribution in [2.75, 3.05) is 68.0 Å². The number of amides is 5. The molecule has 1 aromatic heterocycles. The quantitative estimate of drug-likeness (QED) is 0.290. The molecule has 45 heavy (non-hydrogen) atoms. The molecule has 5 amide bonds. The van der Waals surface area contributed by atoms with Gasteiger partial charge < -0.3 is 40.5 Å². The second kappa shape index (κ2) is 14.7. The van der Waals surface area contributed by atoms with E-state index < -0.39 is 23.9 Å². The summed E-state index contributed by atoms with van der Waals surface area (Å²) in [6.45, 7) is 4.16. The summed E-state index contributed by atoms with van der Waals surface area (Å²) in [4.78, 5) is 60.7. The van der Waals surface area contributed by atoms with Gasteiger partial charge in [-0.15, -0.1) is 0 Å². The summed E-state index contributed by atoms with van der Waals surface area (Å²) in [7, 11) is 0. The average Bonchev–Trinajstić information content (AvgIpc) is 3.06. The lowest BCUT2D eigenvalue weighted by Crippen LogP contribution is -2.55. The van der Waals surface area contributed by atoms with Crippen LogP contribution in [0, 0.1) is 0 Å². The predicted octanol–water partition coefficient (Wildman–Crippen LogP) is 3.90. The zero-order valence-electron chi connectivity index (χ0n) is 24.4. The summed E-state index contributed by atoms with van der Waals surface area (Å²) in [6.07, 6.45) is 2.74. The summed E-state index contributed by atoms with van der Waals surface area (Å²) in [6, 6.07) is 13.6. The molecule has 3 heterocycles. The fourth-order valence-corrected chi connectivity index (χ4v) is 5.34. The predicted molar refractivity (Wildman–Crippen MR) is 169 cm³/mol. The fourth-order valence-electron chi connectivity index (χ4n) is 5.21. The number of carboxylic acids is 1. The SMILES string of the molecule is O=C(O)CC(NC(=O)c1ccc(N2CCN(C(=O)N3CCOCC3)CC2)c(NC(=O)Nc2ccc(Cl)cc2)c1)c1cccnc1. The van der Waals surface area contributed by atoms with E-state index in [1.807, 2.05) is 9.80 Å². The molecule has 3 aromatic rings. The van der Waals surface area contributed by atoms with Crippen LogP contribution in [0.3, 0.4) is 0 Å². The van der Waals surface area contributed by atoms with E-state index >= 15 is 0 Å². The molecule has 0 radical (unpaired) electrons. The Morgan fingerprint density at radius 2 is 1.62 bits per heavy atom. The Morgan fingerprint density at radius 3 is 2.29 bits per heavy atom. The van der Waals surface area contributed by atoms with Crippen LogP contribution in [0.25, 0.3) is 0 Å². The molecule has 2 aliphatic heterocycles. The fraction of sp³-hybridized carbons (Fsp3) is 0.323. The number of ether oxygens (including phenoxy) is 1. The van der Waals surface area contributed by atoms with Gasteiger partial charge in [-0.1, -0.05) is 17.7 Å². The van der Waals surface area contributed by atoms with E-state index in [4.69, 9.17) is 16.3 Å². The molecule has 14 heteroatoms. The molecule has 2 aliphatic rings. The van der Waals surface area contributed by atoms with Crippen LogP contribution in [0.2, 0.25) is 5.02 Å². The van der Waals surface area contributed by atoms with Crippen molar-refractivity contribution in [2.45, 2.75) is 12.5 Å². The van der Waals surface area contributed by atoms with Gasteiger partial charge in [0.25, 0.3) is 5.91 Å². The van der Waals surface area contributed by atoms with E-state index in [1.165, 1.54) is 6.20 Å². The number of urea groups is 2. The third kappa shape index (κ3) is 8.40. The number of rotatable bonds is 8. The Kier molecular flexibility index (Phi) is 10.3. The standard InChI is InChI=1S/C31H34ClN7O6/c32-23-4-6-24(7-5-23)34-30(43)36-26-18-21(29(42)35-25(19-28(40)41)22-2-1-9-33-20-22)3-8-27(26)37-10-12-38(13-11-37)31(44)39-14-16-45-17-15-39/h1-9,18,20,25H,10-17,19H2,(H,35,42)(H,40,41)(H2,34,36,43). The number of pyridine rings is 1. The van der Waals surface area contributed by atoms with Gasteiger partial charge in [0.2, 0.25) is 0 Å². The van der Waals surface area contributed by atoms with Gasteiger partial charge in [0, 0.05) is 67.9 Å². The second-order valence-corrected chi connectivity index (χ2v) is 11.0. The minimum absolute atomic E-state index is 0.0183. The van der Waals surface area contributed by atoms with Crippen LogP contribution in [0.5, 0.6) is 0 Å². The van der Waals surface area contributed by atoms with Gasteiger partial charge in [0.05, 0.1) is 37.1 Å². The molecule has 0 aliphatic carbocycles. The third-order valence-electron chi connectivity index (χ3n) is 7.55. The summed E-state index contributed by atoms with van der Waals surface area (Å²) in [5, 5.41) is 18.4. The molecule has 0 bridgehead atoms. The molecule has 2 fully saturated rings. The zero-order chi connectivity index (χ0) is 31.8. The van der Waals surface area contributed by atoms with Crippen molar-refractivity contribution < 1.29 is 29.0 Å². The Bertz CT molecular complexity index is 1510. The number of anilines is 3. The molecule has 4 N–H and O–H groups in total. The van der Waals surface area contributed by atoms with Crippen molar-refractivity contribution in [2.24, 2.45) is 0 Å². The van der Waals surface area contributed by atoms with Crippen molar-refractivity contribution in [3.63, 3.8) is 0 Å². The van der Waals surface area contributed by atoms with E-state index in [0.29, 0.717) is 80.1 Å². The normalized spacial score (nSPS) is 15.6. The molecule has 0 spiro atoms. The number of halogens is 1. The van der Waals surface area contributed by atoms with E-state index in [1.54, 1.807) is 65.7 Å².